The Morgan fingerprint density at radius 3 is 2.38 bits per heavy atom. The lowest BCUT2D eigenvalue weighted by atomic mass is 9.76. The average molecular weight is 293 g/mol. The Kier molecular flexibility index (Phi) is 9.69. The molecular weight excluding hydrogens is 256 g/mol. The van der Waals surface area contributed by atoms with Gasteiger partial charge in [0.05, 0.1) is 0 Å². The first-order chi connectivity index (χ1) is 10.2. The molecule has 0 radical (unpaired) electrons. The van der Waals surface area contributed by atoms with Crippen LogP contribution in [0.3, 0.4) is 0 Å². The van der Waals surface area contributed by atoms with Gasteiger partial charge in [-0.05, 0) is 44.1 Å². The summed E-state index contributed by atoms with van der Waals surface area (Å²) in [5, 5.41) is 3.80. The summed E-state index contributed by atoms with van der Waals surface area (Å²) in [6.07, 6.45) is 12.1. The molecule has 0 aliphatic heterocycles. The number of nitrogens with zero attached hydrogens (tertiary/aromatic N) is 1. The summed E-state index contributed by atoms with van der Waals surface area (Å²) >= 11 is 0. The Bertz CT molecular complexity index is 277. The molecule has 1 aliphatic carbocycles. The van der Waals surface area contributed by atoms with E-state index in [0.29, 0.717) is 6.04 Å². The highest BCUT2D eigenvalue weighted by Gasteiger charge is 2.30. The molecule has 0 aromatic carbocycles. The van der Waals surface area contributed by atoms with E-state index < -0.39 is 0 Å². The van der Waals surface area contributed by atoms with Gasteiger partial charge in [-0.1, -0.05) is 38.8 Å². The van der Waals surface area contributed by atoms with Crippen LogP contribution in [0.2, 0.25) is 0 Å². The zero-order valence-electron chi connectivity index (χ0n) is 14.3. The molecule has 1 N–H and O–H groups in total. The predicted octanol–water partition coefficient (Wildman–Crippen LogP) is 4.25. The van der Waals surface area contributed by atoms with Gasteiger partial charge < -0.3 is 5.32 Å². The Morgan fingerprint density at radius 2 is 1.81 bits per heavy atom. The van der Waals surface area contributed by atoms with E-state index in [0.717, 1.165) is 31.5 Å². The third kappa shape index (κ3) is 6.80. The zero-order valence-corrected chi connectivity index (χ0v) is 14.3. The standard InChI is InChI=1S/C19H36N2/c1-5-9-17-10-11-19(20-12-6-2)18(15-17)16-21(13-7-3)14-8-4/h7-8,17-20H,3-6,9-16H2,1-2H3. The van der Waals surface area contributed by atoms with E-state index in [2.05, 4.69) is 37.2 Å². The maximum Gasteiger partial charge on any atom is 0.0164 e. The Morgan fingerprint density at radius 1 is 1.10 bits per heavy atom. The van der Waals surface area contributed by atoms with Crippen molar-refractivity contribution in [1.29, 1.82) is 0 Å². The monoisotopic (exact) mass is 292 g/mol. The van der Waals surface area contributed by atoms with E-state index in [9.17, 15) is 0 Å². The quantitative estimate of drug-likeness (QED) is 0.573. The molecule has 0 aromatic rings. The fourth-order valence-electron chi connectivity index (χ4n) is 3.75. The first kappa shape index (κ1) is 18.4. The lowest BCUT2D eigenvalue weighted by molar-refractivity contribution is 0.148. The Labute approximate surface area is 132 Å². The summed E-state index contributed by atoms with van der Waals surface area (Å²) in [6, 6.07) is 0.704. The minimum atomic E-state index is 0.704. The van der Waals surface area contributed by atoms with Crippen molar-refractivity contribution in [1.82, 2.24) is 10.2 Å². The van der Waals surface area contributed by atoms with E-state index in [1.807, 2.05) is 12.2 Å². The summed E-state index contributed by atoms with van der Waals surface area (Å²) < 4.78 is 0. The van der Waals surface area contributed by atoms with Crippen molar-refractivity contribution in [2.45, 2.75) is 58.4 Å². The molecule has 3 atom stereocenters. The van der Waals surface area contributed by atoms with Gasteiger partial charge in [-0.3, -0.25) is 4.90 Å². The number of hydrogen-bond donors (Lipinski definition) is 1. The minimum Gasteiger partial charge on any atom is -0.314 e. The normalized spacial score (nSPS) is 26.0. The first-order valence-electron chi connectivity index (χ1n) is 8.92. The van der Waals surface area contributed by atoms with Crippen LogP contribution in [0.25, 0.3) is 0 Å². The third-order valence-electron chi connectivity index (χ3n) is 4.71. The van der Waals surface area contributed by atoms with Gasteiger partial charge in [-0.25, -0.2) is 0 Å². The fourth-order valence-corrected chi connectivity index (χ4v) is 3.75. The molecule has 0 bridgehead atoms. The van der Waals surface area contributed by atoms with Crippen LogP contribution in [-0.4, -0.2) is 37.1 Å². The highest BCUT2D eigenvalue weighted by atomic mass is 15.1. The van der Waals surface area contributed by atoms with Gasteiger partial charge >= 0.3 is 0 Å². The highest BCUT2D eigenvalue weighted by Crippen LogP contribution is 2.32. The first-order valence-corrected chi connectivity index (χ1v) is 8.92. The SMILES string of the molecule is C=CCN(CC=C)CC1CC(CCC)CCC1NCCC. The lowest BCUT2D eigenvalue weighted by Crippen LogP contribution is -2.46. The summed E-state index contributed by atoms with van der Waals surface area (Å²) in [6.45, 7) is 16.7. The van der Waals surface area contributed by atoms with Crippen LogP contribution in [-0.2, 0) is 0 Å². The second-order valence-corrected chi connectivity index (χ2v) is 6.58. The summed E-state index contributed by atoms with van der Waals surface area (Å²) in [5.74, 6) is 1.72. The molecule has 1 saturated carbocycles. The smallest absolute Gasteiger partial charge is 0.0164 e. The maximum absolute atomic E-state index is 3.90. The van der Waals surface area contributed by atoms with Crippen LogP contribution in [0.4, 0.5) is 0 Å². The third-order valence-corrected chi connectivity index (χ3v) is 4.71. The van der Waals surface area contributed by atoms with Crippen LogP contribution in [0.15, 0.2) is 25.3 Å². The molecule has 1 aliphatic rings. The van der Waals surface area contributed by atoms with Crippen molar-refractivity contribution in [3.8, 4) is 0 Å². The second kappa shape index (κ2) is 11.0. The molecule has 0 heterocycles. The van der Waals surface area contributed by atoms with Crippen LogP contribution in [0, 0.1) is 11.8 Å². The second-order valence-electron chi connectivity index (χ2n) is 6.58. The molecule has 0 spiro atoms. The molecule has 122 valence electrons. The van der Waals surface area contributed by atoms with Crippen molar-refractivity contribution < 1.29 is 0 Å². The van der Waals surface area contributed by atoms with Crippen molar-refractivity contribution >= 4 is 0 Å². The van der Waals surface area contributed by atoms with Crippen molar-refractivity contribution in [3.05, 3.63) is 25.3 Å². The summed E-state index contributed by atoms with van der Waals surface area (Å²) in [5.41, 5.74) is 0. The average Bonchev–Trinajstić information content (AvgIpc) is 2.47. The van der Waals surface area contributed by atoms with Crippen LogP contribution < -0.4 is 5.32 Å². The van der Waals surface area contributed by atoms with Gasteiger partial charge in [0.25, 0.3) is 0 Å². The van der Waals surface area contributed by atoms with E-state index in [-0.39, 0.29) is 0 Å². The fraction of sp³-hybridized carbons (Fsp3) is 0.789. The minimum absolute atomic E-state index is 0.704. The lowest BCUT2D eigenvalue weighted by Gasteiger charge is -2.39. The Hall–Kier alpha value is -0.600. The van der Waals surface area contributed by atoms with E-state index >= 15 is 0 Å². The number of rotatable bonds is 11. The number of nitrogens with one attached hydrogen (secondary N) is 1. The van der Waals surface area contributed by atoms with Crippen molar-refractivity contribution in [2.75, 3.05) is 26.2 Å². The van der Waals surface area contributed by atoms with Crippen molar-refractivity contribution in [3.63, 3.8) is 0 Å². The molecule has 0 saturated heterocycles. The van der Waals surface area contributed by atoms with Gasteiger partial charge in [-0.2, -0.15) is 0 Å². The van der Waals surface area contributed by atoms with Crippen molar-refractivity contribution in [2.24, 2.45) is 11.8 Å². The number of hydrogen-bond acceptors (Lipinski definition) is 2. The summed E-state index contributed by atoms with van der Waals surface area (Å²) in [4.78, 5) is 2.49. The molecule has 0 aromatic heterocycles. The summed E-state index contributed by atoms with van der Waals surface area (Å²) in [7, 11) is 0. The van der Waals surface area contributed by atoms with E-state index in [4.69, 9.17) is 0 Å². The van der Waals surface area contributed by atoms with Gasteiger partial charge in [0.1, 0.15) is 0 Å². The van der Waals surface area contributed by atoms with Gasteiger partial charge in [0.2, 0.25) is 0 Å². The maximum atomic E-state index is 3.90. The molecule has 21 heavy (non-hydrogen) atoms. The molecule has 2 heteroatoms. The Balaban J connectivity index is 2.61. The molecule has 2 nitrogen and oxygen atoms in total. The van der Waals surface area contributed by atoms with Crippen LogP contribution >= 0.6 is 0 Å². The van der Waals surface area contributed by atoms with Crippen LogP contribution in [0.1, 0.15) is 52.4 Å². The molecule has 3 unspecified atom stereocenters. The molecule has 0 amide bonds. The van der Waals surface area contributed by atoms with Gasteiger partial charge in [0.15, 0.2) is 0 Å². The predicted molar refractivity (Wildman–Crippen MR) is 94.7 cm³/mol. The molecule has 1 rings (SSSR count). The van der Waals surface area contributed by atoms with E-state index in [1.165, 1.54) is 45.1 Å². The van der Waals surface area contributed by atoms with Gasteiger partial charge in [0, 0.05) is 25.7 Å². The largest absolute Gasteiger partial charge is 0.314 e. The topological polar surface area (TPSA) is 15.3 Å². The van der Waals surface area contributed by atoms with E-state index in [1.54, 1.807) is 0 Å². The molecule has 1 fully saturated rings. The molecular formula is C19H36N2. The van der Waals surface area contributed by atoms with Crippen LogP contribution in [0.5, 0.6) is 0 Å². The zero-order chi connectivity index (χ0) is 15.5. The highest BCUT2D eigenvalue weighted by molar-refractivity contribution is 4.89. The van der Waals surface area contributed by atoms with Gasteiger partial charge in [-0.15, -0.1) is 13.2 Å².